The van der Waals surface area contributed by atoms with E-state index >= 15 is 0 Å². The van der Waals surface area contributed by atoms with Crippen LogP contribution in [0.5, 0.6) is 0 Å². The molecule has 0 atom stereocenters. The molecule has 0 aromatic heterocycles. The Hall–Kier alpha value is -1.75. The Morgan fingerprint density at radius 1 is 0.759 bits per heavy atom. The molecule has 5 heteroatoms. The van der Waals surface area contributed by atoms with E-state index in [4.69, 9.17) is 9.47 Å². The minimum Gasteiger partial charge on any atom is -0.489 e. The number of unbranched alkanes of at least 4 members (excludes halogenated alkanes) is 9. The summed E-state index contributed by atoms with van der Waals surface area (Å²) in [6.45, 7) is 2.25. The molecule has 0 bridgehead atoms. The van der Waals surface area contributed by atoms with Crippen molar-refractivity contribution >= 4 is 23.3 Å². The molecule has 29 heavy (non-hydrogen) atoms. The van der Waals surface area contributed by atoms with Gasteiger partial charge in [-0.2, -0.15) is 0 Å². The molecule has 0 radical (unpaired) electrons. The summed E-state index contributed by atoms with van der Waals surface area (Å²) in [4.78, 5) is 26.4. The van der Waals surface area contributed by atoms with E-state index in [9.17, 15) is 9.59 Å². The fourth-order valence-electron chi connectivity index (χ4n) is 3.66. The van der Waals surface area contributed by atoms with Crippen molar-refractivity contribution in [3.05, 3.63) is 40.8 Å². The first-order chi connectivity index (χ1) is 14.2. The fraction of sp³-hybridized carbons (Fsp3) is 0.583. The van der Waals surface area contributed by atoms with Crippen LogP contribution in [0.2, 0.25) is 0 Å². The number of hydrogen-bond donors (Lipinski definition) is 0. The number of carbonyl (C=O) groups excluding carboxylic acids is 2. The molecule has 0 aliphatic heterocycles. The molecule has 0 spiro atoms. The van der Waals surface area contributed by atoms with Crippen LogP contribution in [0.1, 0.15) is 91.8 Å². The van der Waals surface area contributed by atoms with Crippen LogP contribution in [0.4, 0.5) is 0 Å². The van der Waals surface area contributed by atoms with Crippen LogP contribution in [-0.2, 0) is 9.47 Å². The van der Waals surface area contributed by atoms with E-state index in [0.29, 0.717) is 11.1 Å². The summed E-state index contributed by atoms with van der Waals surface area (Å²) >= 11 is 1.65. The van der Waals surface area contributed by atoms with E-state index in [1.165, 1.54) is 72.0 Å². The number of ketones is 2. The third-order valence-corrected chi connectivity index (χ3v) is 6.42. The van der Waals surface area contributed by atoms with Crippen molar-refractivity contribution in [2.75, 3.05) is 20.0 Å². The highest BCUT2D eigenvalue weighted by Gasteiger charge is 2.36. The lowest BCUT2D eigenvalue weighted by molar-refractivity contribution is 0.0826. The molecule has 0 N–H and O–H groups in total. The second-order valence-corrected chi connectivity index (χ2v) is 8.57. The van der Waals surface area contributed by atoms with Gasteiger partial charge in [-0.25, -0.2) is 0 Å². The van der Waals surface area contributed by atoms with E-state index in [1.54, 1.807) is 17.8 Å². The van der Waals surface area contributed by atoms with Crippen LogP contribution in [0.15, 0.2) is 34.6 Å². The topological polar surface area (TPSA) is 52.6 Å². The van der Waals surface area contributed by atoms with Gasteiger partial charge >= 0.3 is 0 Å². The normalized spacial score (nSPS) is 13.6. The molecule has 1 aromatic carbocycles. The van der Waals surface area contributed by atoms with Crippen LogP contribution >= 0.6 is 11.8 Å². The summed E-state index contributed by atoms with van der Waals surface area (Å²) in [7, 11) is 2.78. The Balaban J connectivity index is 1.81. The number of methoxy groups -OCH3 is 2. The monoisotopic (exact) mass is 418 g/mol. The summed E-state index contributed by atoms with van der Waals surface area (Å²) in [5.41, 5.74) is 0.855. The maximum Gasteiger partial charge on any atom is 0.233 e. The lowest BCUT2D eigenvalue weighted by atomic mass is 9.92. The Morgan fingerprint density at radius 3 is 1.90 bits per heavy atom. The largest absolute Gasteiger partial charge is 0.489 e. The maximum absolute atomic E-state index is 12.9. The number of Topliss-reactive ketones (excluding diaryl/α,β-unsaturated/α-hetero) is 2. The van der Waals surface area contributed by atoms with Gasteiger partial charge in [-0.3, -0.25) is 9.59 Å². The second kappa shape index (κ2) is 12.7. The molecule has 4 nitrogen and oxygen atoms in total. The summed E-state index contributed by atoms with van der Waals surface area (Å²) in [6.07, 6.45) is 13.0. The molecule has 1 aliphatic rings. The van der Waals surface area contributed by atoms with Gasteiger partial charge in [0.1, 0.15) is 0 Å². The predicted octanol–water partition coefficient (Wildman–Crippen LogP) is 6.58. The quantitative estimate of drug-likeness (QED) is 0.252. The standard InChI is InChI=1S/C24H34O4S/c1-4-5-6-7-8-9-10-11-12-13-17-29-19-16-14-15-18-20(19)22(26)24(28-3)23(27-2)21(18)25/h14-16H,4-13,17H2,1-3H3. The van der Waals surface area contributed by atoms with E-state index in [1.807, 2.05) is 12.1 Å². The number of rotatable bonds is 14. The first kappa shape index (κ1) is 23.5. The van der Waals surface area contributed by atoms with Crippen LogP contribution in [-0.4, -0.2) is 31.5 Å². The molecule has 0 heterocycles. The van der Waals surface area contributed by atoms with Crippen molar-refractivity contribution in [2.45, 2.75) is 76.0 Å². The smallest absolute Gasteiger partial charge is 0.233 e. The highest BCUT2D eigenvalue weighted by atomic mass is 32.2. The van der Waals surface area contributed by atoms with E-state index in [0.717, 1.165) is 17.1 Å². The van der Waals surface area contributed by atoms with Gasteiger partial charge in [0.15, 0.2) is 0 Å². The molecule has 2 rings (SSSR count). The van der Waals surface area contributed by atoms with Gasteiger partial charge in [-0.05, 0) is 18.2 Å². The Bertz CT molecular complexity index is 724. The molecule has 1 aliphatic carbocycles. The van der Waals surface area contributed by atoms with Gasteiger partial charge in [0.25, 0.3) is 0 Å². The Kier molecular flexibility index (Phi) is 10.3. The molecule has 0 saturated heterocycles. The predicted molar refractivity (Wildman–Crippen MR) is 119 cm³/mol. The molecular weight excluding hydrogens is 384 g/mol. The molecule has 0 unspecified atom stereocenters. The Morgan fingerprint density at radius 2 is 1.31 bits per heavy atom. The molecular formula is C24H34O4S. The Labute approximate surface area is 179 Å². The second-order valence-electron chi connectivity index (χ2n) is 7.43. The first-order valence-corrected chi connectivity index (χ1v) is 11.8. The molecule has 1 aromatic rings. The van der Waals surface area contributed by atoms with Crippen LogP contribution in [0.25, 0.3) is 0 Å². The SMILES string of the molecule is CCCCCCCCCCCCSc1cccc2c1C(=O)C(OC)=C(OC)C2=O. The number of carbonyl (C=O) groups is 2. The van der Waals surface area contributed by atoms with Crippen molar-refractivity contribution in [1.29, 1.82) is 0 Å². The third-order valence-electron chi connectivity index (χ3n) is 5.28. The van der Waals surface area contributed by atoms with Gasteiger partial charge < -0.3 is 9.47 Å². The van der Waals surface area contributed by atoms with Crippen molar-refractivity contribution in [2.24, 2.45) is 0 Å². The van der Waals surface area contributed by atoms with Crippen molar-refractivity contribution in [3.63, 3.8) is 0 Å². The number of thioether (sulfide) groups is 1. The number of fused-ring (bicyclic) bond motifs is 1. The van der Waals surface area contributed by atoms with Gasteiger partial charge in [0, 0.05) is 10.5 Å². The van der Waals surface area contributed by atoms with Crippen molar-refractivity contribution < 1.29 is 19.1 Å². The molecule has 160 valence electrons. The molecule has 0 saturated carbocycles. The maximum atomic E-state index is 12.9. The number of allylic oxidation sites excluding steroid dienone is 2. The van der Waals surface area contributed by atoms with Gasteiger partial charge in [0.05, 0.1) is 19.8 Å². The average Bonchev–Trinajstić information content (AvgIpc) is 2.74. The summed E-state index contributed by atoms with van der Waals surface area (Å²) in [5.74, 6) is 0.363. The minimum atomic E-state index is -0.291. The lowest BCUT2D eigenvalue weighted by Gasteiger charge is -2.20. The number of hydrogen-bond acceptors (Lipinski definition) is 5. The zero-order chi connectivity index (χ0) is 21.1. The van der Waals surface area contributed by atoms with Crippen LogP contribution < -0.4 is 0 Å². The molecule has 0 fully saturated rings. The van der Waals surface area contributed by atoms with Crippen LogP contribution in [0, 0.1) is 0 Å². The van der Waals surface area contributed by atoms with Crippen molar-refractivity contribution in [1.82, 2.24) is 0 Å². The zero-order valence-electron chi connectivity index (χ0n) is 18.1. The molecule has 0 amide bonds. The van der Waals surface area contributed by atoms with Gasteiger partial charge in [-0.1, -0.05) is 76.8 Å². The number of benzene rings is 1. The number of ether oxygens (including phenoxy) is 2. The fourth-order valence-corrected chi connectivity index (χ4v) is 4.75. The van der Waals surface area contributed by atoms with E-state index in [2.05, 4.69) is 6.92 Å². The zero-order valence-corrected chi connectivity index (χ0v) is 18.9. The van der Waals surface area contributed by atoms with Crippen molar-refractivity contribution in [3.8, 4) is 0 Å². The lowest BCUT2D eigenvalue weighted by Crippen LogP contribution is -2.24. The summed E-state index contributed by atoms with van der Waals surface area (Å²) in [6, 6.07) is 5.43. The van der Waals surface area contributed by atoms with E-state index < -0.39 is 0 Å². The minimum absolute atomic E-state index is 0.00279. The van der Waals surface area contributed by atoms with E-state index in [-0.39, 0.29) is 23.1 Å². The van der Waals surface area contributed by atoms with Gasteiger partial charge in [0.2, 0.25) is 23.1 Å². The summed E-state index contributed by atoms with van der Waals surface area (Å²) in [5, 5.41) is 0. The first-order valence-electron chi connectivity index (χ1n) is 10.8. The third kappa shape index (κ3) is 6.36. The highest BCUT2D eigenvalue weighted by Crippen LogP contribution is 2.34. The summed E-state index contributed by atoms with van der Waals surface area (Å²) < 4.78 is 10.3. The van der Waals surface area contributed by atoms with Gasteiger partial charge in [-0.15, -0.1) is 11.8 Å². The highest BCUT2D eigenvalue weighted by molar-refractivity contribution is 7.99. The average molecular weight is 419 g/mol. The van der Waals surface area contributed by atoms with Crippen LogP contribution in [0.3, 0.4) is 0 Å².